The van der Waals surface area contributed by atoms with E-state index >= 15 is 0 Å². The predicted molar refractivity (Wildman–Crippen MR) is 135 cm³/mol. The summed E-state index contributed by atoms with van der Waals surface area (Å²) in [5.74, 6) is -1.49. The number of anilines is 1. The van der Waals surface area contributed by atoms with Crippen LogP contribution in [-0.4, -0.2) is 31.0 Å². The van der Waals surface area contributed by atoms with Gasteiger partial charge in [-0.25, -0.2) is 8.42 Å². The summed E-state index contributed by atoms with van der Waals surface area (Å²) in [5.41, 5.74) is -1.31. The van der Waals surface area contributed by atoms with Crippen molar-refractivity contribution in [3.63, 3.8) is 0 Å². The van der Waals surface area contributed by atoms with Crippen LogP contribution in [0.15, 0.2) is 86.3 Å². The molecule has 0 aliphatic heterocycles. The topological polar surface area (TPSA) is 115 Å². The van der Waals surface area contributed by atoms with Gasteiger partial charge in [0.25, 0.3) is 15.9 Å². The van der Waals surface area contributed by atoms with Crippen LogP contribution in [-0.2, 0) is 21.0 Å². The summed E-state index contributed by atoms with van der Waals surface area (Å²) in [6.07, 6.45) is -4.87. The van der Waals surface area contributed by atoms with E-state index < -0.39 is 44.9 Å². The van der Waals surface area contributed by atoms with Crippen molar-refractivity contribution in [1.82, 2.24) is 4.98 Å². The molecule has 0 aliphatic carbocycles. The van der Waals surface area contributed by atoms with Gasteiger partial charge in [-0.1, -0.05) is 45.7 Å². The first-order valence-corrected chi connectivity index (χ1v) is 12.9. The number of nitrogens with one attached hydrogen (secondary N) is 1. The van der Waals surface area contributed by atoms with Gasteiger partial charge in [-0.2, -0.15) is 13.2 Å². The number of aromatic amines is 1. The fourth-order valence-corrected chi connectivity index (χ4v) is 5.43. The molecule has 1 aromatic heterocycles. The second-order valence-corrected chi connectivity index (χ2v) is 10.8. The maximum atomic E-state index is 13.5. The van der Waals surface area contributed by atoms with Crippen molar-refractivity contribution in [3.8, 4) is 5.88 Å². The number of carbonyl (C=O) groups excluding carboxylic acids is 1. The molecule has 1 heterocycles. The molecule has 4 rings (SSSR count). The maximum absolute atomic E-state index is 13.5. The Morgan fingerprint density at radius 3 is 2.46 bits per heavy atom. The number of aromatic hydroxyl groups is 1. The van der Waals surface area contributed by atoms with Crippen molar-refractivity contribution >= 4 is 65.7 Å². The van der Waals surface area contributed by atoms with E-state index in [4.69, 9.17) is 11.6 Å². The van der Waals surface area contributed by atoms with Gasteiger partial charge in [0.2, 0.25) is 5.88 Å². The number of azo groups is 1. The maximum Gasteiger partial charge on any atom is 0.417 e. The third-order valence-corrected chi connectivity index (χ3v) is 7.74. The molecule has 0 bridgehead atoms. The molecule has 37 heavy (non-hydrogen) atoms. The molecule has 4 aromatic rings. The van der Waals surface area contributed by atoms with Crippen molar-refractivity contribution in [2.45, 2.75) is 11.1 Å². The first-order valence-electron chi connectivity index (χ1n) is 10.3. The summed E-state index contributed by atoms with van der Waals surface area (Å²) in [5, 5.41) is 17.2. The van der Waals surface area contributed by atoms with Crippen LogP contribution in [0.3, 0.4) is 0 Å². The van der Waals surface area contributed by atoms with Crippen LogP contribution in [0.5, 0.6) is 5.88 Å². The molecular formula is C23H15BrClF3N4O4S. The number of halogens is 5. The molecule has 0 atom stereocenters. The van der Waals surface area contributed by atoms with Crippen LogP contribution < -0.4 is 4.31 Å². The van der Waals surface area contributed by atoms with Crippen LogP contribution in [0.25, 0.3) is 10.9 Å². The third-order valence-electron chi connectivity index (χ3n) is 5.13. The second kappa shape index (κ2) is 10.1. The Balaban J connectivity index is 1.74. The van der Waals surface area contributed by atoms with E-state index in [0.717, 1.165) is 12.1 Å². The largest absolute Gasteiger partial charge is 0.493 e. The minimum absolute atomic E-state index is 0.0760. The van der Waals surface area contributed by atoms with Gasteiger partial charge < -0.3 is 10.1 Å². The molecular weight excluding hydrogens is 601 g/mol. The number of nitrogens with zero attached hydrogens (tertiary/aromatic N) is 3. The van der Waals surface area contributed by atoms with Crippen LogP contribution in [0, 0.1) is 0 Å². The molecule has 0 radical (unpaired) electrons. The van der Waals surface area contributed by atoms with E-state index in [1.165, 1.54) is 24.3 Å². The number of fused-ring (bicyclic) bond motifs is 1. The lowest BCUT2D eigenvalue weighted by Crippen LogP contribution is -2.35. The van der Waals surface area contributed by atoms with Gasteiger partial charge in [0.15, 0.2) is 5.69 Å². The summed E-state index contributed by atoms with van der Waals surface area (Å²) >= 11 is 8.97. The van der Waals surface area contributed by atoms with Gasteiger partial charge in [-0.05, 0) is 48.5 Å². The minimum Gasteiger partial charge on any atom is -0.493 e. The van der Waals surface area contributed by atoms with Gasteiger partial charge in [0.1, 0.15) is 6.54 Å². The van der Waals surface area contributed by atoms with Crippen LogP contribution in [0.1, 0.15) is 5.56 Å². The molecule has 2 N–H and O–H groups in total. The zero-order valence-corrected chi connectivity index (χ0v) is 21.5. The highest BCUT2D eigenvalue weighted by atomic mass is 79.9. The number of benzene rings is 3. The third kappa shape index (κ3) is 5.63. The Morgan fingerprint density at radius 1 is 1.08 bits per heavy atom. The smallest absolute Gasteiger partial charge is 0.417 e. The monoisotopic (exact) mass is 614 g/mol. The molecule has 0 fully saturated rings. The molecule has 3 aromatic carbocycles. The molecule has 8 nitrogen and oxygen atoms in total. The summed E-state index contributed by atoms with van der Waals surface area (Å²) in [7, 11) is -4.51. The van der Waals surface area contributed by atoms with Gasteiger partial charge in [0.05, 0.1) is 26.7 Å². The summed E-state index contributed by atoms with van der Waals surface area (Å²) in [4.78, 5) is 15.1. The Morgan fingerprint density at radius 2 is 1.78 bits per heavy atom. The predicted octanol–water partition coefficient (Wildman–Crippen LogP) is 6.81. The Labute approximate surface area is 221 Å². The number of alkyl halides is 3. The first kappa shape index (κ1) is 26.6. The molecule has 0 saturated heterocycles. The van der Waals surface area contributed by atoms with Gasteiger partial charge in [0, 0.05) is 9.86 Å². The van der Waals surface area contributed by atoms with Crippen LogP contribution in [0.4, 0.5) is 24.5 Å². The minimum atomic E-state index is -4.87. The van der Waals surface area contributed by atoms with Crippen LogP contribution in [0.2, 0.25) is 5.02 Å². The molecule has 0 aliphatic rings. The lowest BCUT2D eigenvalue weighted by molar-refractivity contribution is -0.137. The first-order chi connectivity index (χ1) is 17.4. The number of sulfonamides is 1. The highest BCUT2D eigenvalue weighted by Crippen LogP contribution is 2.39. The SMILES string of the molecule is O=C(CN(c1ccc(Cl)c(C(F)(F)F)c1)S(=O)(=O)c1ccccc1)N=Nc1c(O)[nH]c2ccc(Br)cc12. The van der Waals surface area contributed by atoms with E-state index in [-0.39, 0.29) is 16.5 Å². The van der Waals surface area contributed by atoms with Crippen molar-refractivity contribution in [2.75, 3.05) is 10.8 Å². The van der Waals surface area contributed by atoms with Crippen molar-refractivity contribution in [1.29, 1.82) is 0 Å². The van der Waals surface area contributed by atoms with E-state index in [1.54, 1.807) is 24.3 Å². The Kier molecular flexibility index (Phi) is 7.31. The molecule has 14 heteroatoms. The van der Waals surface area contributed by atoms with Gasteiger partial charge in [-0.15, -0.1) is 10.2 Å². The average Bonchev–Trinajstić information content (AvgIpc) is 3.15. The molecule has 0 spiro atoms. The number of hydrogen-bond donors (Lipinski definition) is 2. The van der Waals surface area contributed by atoms with Gasteiger partial charge >= 0.3 is 6.18 Å². The van der Waals surface area contributed by atoms with Crippen LogP contribution >= 0.6 is 27.5 Å². The molecule has 192 valence electrons. The highest BCUT2D eigenvalue weighted by Gasteiger charge is 2.35. The zero-order valence-electron chi connectivity index (χ0n) is 18.4. The number of aromatic nitrogens is 1. The fourth-order valence-electron chi connectivity index (χ4n) is 3.42. The number of carbonyl (C=O) groups is 1. The fraction of sp³-hybridized carbons (Fsp3) is 0.0870. The number of rotatable bonds is 6. The molecule has 1 amide bonds. The number of H-pyrrole nitrogens is 1. The van der Waals surface area contributed by atoms with Gasteiger partial charge in [-0.3, -0.25) is 9.10 Å². The Hall–Kier alpha value is -3.42. The average molecular weight is 616 g/mol. The normalized spacial score (nSPS) is 12.4. The summed E-state index contributed by atoms with van der Waals surface area (Å²) < 4.78 is 68.2. The van der Waals surface area contributed by atoms with Crippen molar-refractivity contribution in [3.05, 3.63) is 81.8 Å². The van der Waals surface area contributed by atoms with E-state index in [0.29, 0.717) is 25.7 Å². The van der Waals surface area contributed by atoms with Crippen molar-refractivity contribution in [2.24, 2.45) is 10.2 Å². The quantitative estimate of drug-likeness (QED) is 0.232. The van der Waals surface area contributed by atoms with E-state index in [2.05, 4.69) is 31.1 Å². The highest BCUT2D eigenvalue weighted by molar-refractivity contribution is 9.10. The number of amides is 1. The number of hydrogen-bond acceptors (Lipinski definition) is 5. The molecule has 0 unspecified atom stereocenters. The lowest BCUT2D eigenvalue weighted by Gasteiger charge is -2.24. The Bertz CT molecular complexity index is 1630. The lowest BCUT2D eigenvalue weighted by atomic mass is 10.2. The summed E-state index contributed by atoms with van der Waals surface area (Å²) in [6.45, 7) is -0.980. The standard InChI is InChI=1S/C23H15BrClF3N4O4S/c24-13-6-9-19-16(10-13)21(22(34)29-19)31-30-20(33)12-32(37(35,36)15-4-2-1-3-5-15)14-7-8-18(25)17(11-14)23(26,27)28/h1-11,29,34H,12H2. The molecule has 0 saturated carbocycles. The summed E-state index contributed by atoms with van der Waals surface area (Å²) in [6, 6.07) is 14.3. The van der Waals surface area contributed by atoms with E-state index in [9.17, 15) is 31.5 Å². The second-order valence-electron chi connectivity index (χ2n) is 7.59. The zero-order chi connectivity index (χ0) is 27.0. The van der Waals surface area contributed by atoms with Crippen molar-refractivity contribution < 1.29 is 31.5 Å². The van der Waals surface area contributed by atoms with E-state index in [1.807, 2.05) is 0 Å².